The fourth-order valence-corrected chi connectivity index (χ4v) is 3.79. The Bertz CT molecular complexity index is 136. The molecule has 0 aliphatic heterocycles. The largest absolute Gasteiger partial charge is 0.383 e. The van der Waals surface area contributed by atoms with Crippen molar-refractivity contribution in [3.8, 4) is 0 Å². The normalized spacial score (nSPS) is 11.6. The first kappa shape index (κ1) is 14.3. The molecule has 84 valence electrons. The quantitative estimate of drug-likeness (QED) is 0.453. The average Bonchev–Trinajstić information content (AvgIpc) is 2.16. The molecule has 0 bridgehead atoms. The molecule has 0 heterocycles. The first-order valence-corrected chi connectivity index (χ1v) is 6.94. The molecule has 5 heteroatoms. The van der Waals surface area contributed by atoms with Gasteiger partial charge in [0.05, 0.1) is 18.0 Å². The van der Waals surface area contributed by atoms with Crippen LogP contribution in [0.4, 0.5) is 0 Å². The number of hydrogen-bond donors (Lipinski definition) is 0. The Morgan fingerprint density at radius 3 is 2.21 bits per heavy atom. The summed E-state index contributed by atoms with van der Waals surface area (Å²) in [4.78, 5) is 10.4. The Morgan fingerprint density at radius 1 is 1.29 bits per heavy atom. The molecule has 0 aromatic heterocycles. The van der Waals surface area contributed by atoms with E-state index in [9.17, 15) is 4.79 Å². The van der Waals surface area contributed by atoms with Crippen molar-refractivity contribution in [2.45, 2.75) is 17.6 Å². The second kappa shape index (κ2) is 8.59. The van der Waals surface area contributed by atoms with Crippen LogP contribution < -0.4 is 0 Å². The van der Waals surface area contributed by atoms with Crippen LogP contribution in [0.25, 0.3) is 0 Å². The summed E-state index contributed by atoms with van der Waals surface area (Å²) >= 11 is 0. The van der Waals surface area contributed by atoms with Crippen LogP contribution in [0.5, 0.6) is 0 Å². The number of aldehydes is 1. The van der Waals surface area contributed by atoms with Crippen LogP contribution in [0.15, 0.2) is 0 Å². The fraction of sp³-hybridized carbons (Fsp3) is 0.889. The highest BCUT2D eigenvalue weighted by Crippen LogP contribution is 2.38. The molecule has 0 N–H and O–H groups in total. The highest BCUT2D eigenvalue weighted by Gasteiger charge is 2.30. The minimum absolute atomic E-state index is 0.0934. The van der Waals surface area contributed by atoms with Crippen molar-refractivity contribution in [1.29, 1.82) is 0 Å². The molecule has 0 unspecified atom stereocenters. The third-order valence-corrected chi connectivity index (χ3v) is 4.31. The van der Waals surface area contributed by atoms with Crippen molar-refractivity contribution in [2.75, 3.05) is 33.7 Å². The van der Waals surface area contributed by atoms with E-state index < -0.39 is 0 Å². The van der Waals surface area contributed by atoms with Gasteiger partial charge in [-0.05, 0) is 12.7 Å². The highest BCUT2D eigenvalue weighted by molar-refractivity contribution is 8.77. The van der Waals surface area contributed by atoms with Gasteiger partial charge in [0, 0.05) is 20.6 Å². The zero-order valence-corrected chi connectivity index (χ0v) is 10.6. The smallest absolute Gasteiger partial charge is 0.120 e. The maximum Gasteiger partial charge on any atom is 0.120 e. The van der Waals surface area contributed by atoms with Crippen LogP contribution >= 0.6 is 21.6 Å². The van der Waals surface area contributed by atoms with Gasteiger partial charge in [-0.3, -0.25) is 0 Å². The molecular formula is C9H18O3S2. The summed E-state index contributed by atoms with van der Waals surface area (Å²) < 4.78 is 10.3. The first-order chi connectivity index (χ1) is 6.74. The van der Waals surface area contributed by atoms with Crippen molar-refractivity contribution in [3.05, 3.63) is 0 Å². The van der Waals surface area contributed by atoms with Crippen molar-refractivity contribution in [1.82, 2.24) is 0 Å². The standard InChI is InChI=1S/C9H18O3S2/c1-11-7-9(8-12-2,14-13-3)5-4-6-10/h6H,4-5,7-8H2,1-3H3. The van der Waals surface area contributed by atoms with Gasteiger partial charge in [0.2, 0.25) is 0 Å². The summed E-state index contributed by atoms with van der Waals surface area (Å²) in [6.45, 7) is 1.22. The van der Waals surface area contributed by atoms with E-state index in [0.717, 1.165) is 12.7 Å². The van der Waals surface area contributed by atoms with E-state index in [-0.39, 0.29) is 4.75 Å². The van der Waals surface area contributed by atoms with E-state index in [4.69, 9.17) is 9.47 Å². The summed E-state index contributed by atoms with van der Waals surface area (Å²) in [5, 5.41) is 0. The highest BCUT2D eigenvalue weighted by atomic mass is 33.1. The number of carbonyl (C=O) groups is 1. The molecule has 0 saturated carbocycles. The zero-order valence-electron chi connectivity index (χ0n) is 8.95. The number of methoxy groups -OCH3 is 2. The lowest BCUT2D eigenvalue weighted by atomic mass is 10.0. The molecule has 0 atom stereocenters. The summed E-state index contributed by atoms with van der Waals surface area (Å²) in [5.41, 5.74) is 0. The lowest BCUT2D eigenvalue weighted by Crippen LogP contribution is -2.35. The SMILES string of the molecule is COCC(CCC=O)(COC)SSC. The van der Waals surface area contributed by atoms with Gasteiger partial charge in [-0.15, -0.1) is 0 Å². The monoisotopic (exact) mass is 238 g/mol. The van der Waals surface area contributed by atoms with Gasteiger partial charge in [0.15, 0.2) is 0 Å². The van der Waals surface area contributed by atoms with Gasteiger partial charge in [-0.25, -0.2) is 0 Å². The summed E-state index contributed by atoms with van der Waals surface area (Å²) in [6.07, 6.45) is 4.32. The molecule has 0 aromatic rings. The molecule has 0 aliphatic carbocycles. The van der Waals surface area contributed by atoms with Crippen LogP contribution in [0.1, 0.15) is 12.8 Å². The Balaban J connectivity index is 4.28. The minimum Gasteiger partial charge on any atom is -0.383 e. The van der Waals surface area contributed by atoms with Crippen LogP contribution in [-0.4, -0.2) is 44.7 Å². The second-order valence-electron chi connectivity index (χ2n) is 3.00. The first-order valence-electron chi connectivity index (χ1n) is 4.38. The molecule has 14 heavy (non-hydrogen) atoms. The van der Waals surface area contributed by atoms with E-state index in [0.29, 0.717) is 19.6 Å². The minimum atomic E-state index is -0.0934. The Kier molecular flexibility index (Phi) is 8.76. The predicted molar refractivity (Wildman–Crippen MR) is 62.9 cm³/mol. The molecule has 0 spiro atoms. The van der Waals surface area contributed by atoms with Crippen molar-refractivity contribution >= 4 is 27.9 Å². The summed E-state index contributed by atoms with van der Waals surface area (Å²) in [5.74, 6) is 0. The molecule has 0 fully saturated rings. The van der Waals surface area contributed by atoms with Gasteiger partial charge in [0.1, 0.15) is 6.29 Å². The summed E-state index contributed by atoms with van der Waals surface area (Å²) in [7, 11) is 6.75. The number of ether oxygens (including phenoxy) is 2. The Hall–Kier alpha value is 0.290. The van der Waals surface area contributed by atoms with E-state index in [2.05, 4.69) is 0 Å². The average molecular weight is 238 g/mol. The maximum atomic E-state index is 10.4. The molecule has 3 nitrogen and oxygen atoms in total. The van der Waals surface area contributed by atoms with Gasteiger partial charge >= 0.3 is 0 Å². The lowest BCUT2D eigenvalue weighted by molar-refractivity contribution is -0.108. The van der Waals surface area contributed by atoms with Crippen LogP contribution in [0.2, 0.25) is 0 Å². The van der Waals surface area contributed by atoms with Gasteiger partial charge < -0.3 is 14.3 Å². The van der Waals surface area contributed by atoms with Crippen molar-refractivity contribution in [2.24, 2.45) is 0 Å². The number of carbonyl (C=O) groups excluding carboxylic acids is 1. The molecule has 0 aromatic carbocycles. The Morgan fingerprint density at radius 2 is 1.86 bits per heavy atom. The lowest BCUT2D eigenvalue weighted by Gasteiger charge is -2.30. The molecule has 0 amide bonds. The van der Waals surface area contributed by atoms with Crippen molar-refractivity contribution < 1.29 is 14.3 Å². The summed E-state index contributed by atoms with van der Waals surface area (Å²) in [6, 6.07) is 0. The molecular weight excluding hydrogens is 220 g/mol. The van der Waals surface area contributed by atoms with E-state index in [1.54, 1.807) is 35.8 Å². The van der Waals surface area contributed by atoms with Crippen LogP contribution in [-0.2, 0) is 14.3 Å². The molecule has 0 rings (SSSR count). The molecule has 0 radical (unpaired) electrons. The Labute approximate surface area is 93.7 Å². The van der Waals surface area contributed by atoms with Crippen molar-refractivity contribution in [3.63, 3.8) is 0 Å². The fourth-order valence-electron chi connectivity index (χ4n) is 1.30. The third-order valence-electron chi connectivity index (χ3n) is 1.79. The van der Waals surface area contributed by atoms with E-state index >= 15 is 0 Å². The van der Waals surface area contributed by atoms with Crippen LogP contribution in [0, 0.1) is 0 Å². The zero-order chi connectivity index (χ0) is 10.9. The third kappa shape index (κ3) is 5.24. The van der Waals surface area contributed by atoms with Gasteiger partial charge in [0.25, 0.3) is 0 Å². The molecule has 0 saturated heterocycles. The van der Waals surface area contributed by atoms with Gasteiger partial charge in [-0.1, -0.05) is 21.6 Å². The van der Waals surface area contributed by atoms with Gasteiger partial charge in [-0.2, -0.15) is 0 Å². The molecule has 0 aliphatic rings. The second-order valence-corrected chi connectivity index (χ2v) is 5.87. The van der Waals surface area contributed by atoms with E-state index in [1.807, 2.05) is 6.26 Å². The van der Waals surface area contributed by atoms with Crippen LogP contribution in [0.3, 0.4) is 0 Å². The van der Waals surface area contributed by atoms with E-state index in [1.165, 1.54) is 0 Å². The predicted octanol–water partition coefficient (Wildman–Crippen LogP) is 2.01. The maximum absolute atomic E-state index is 10.4. The number of rotatable bonds is 9. The number of hydrogen-bond acceptors (Lipinski definition) is 5. The topological polar surface area (TPSA) is 35.5 Å².